The van der Waals surface area contributed by atoms with Crippen LogP contribution in [0.2, 0.25) is 5.02 Å². The molecule has 1 heterocycles. The van der Waals surface area contributed by atoms with Gasteiger partial charge in [-0.2, -0.15) is 0 Å². The molecule has 0 spiro atoms. The molecule has 2 N–H and O–H groups in total. The molecule has 23 heavy (non-hydrogen) atoms. The van der Waals surface area contributed by atoms with E-state index in [9.17, 15) is 9.90 Å². The van der Waals surface area contributed by atoms with E-state index in [1.165, 1.54) is 0 Å². The van der Waals surface area contributed by atoms with Crippen LogP contribution in [0.4, 0.5) is 0 Å². The second-order valence-corrected chi connectivity index (χ2v) is 6.13. The Hall–Kier alpha value is -2.33. The number of rotatable bonds is 5. The number of hydrogen-bond donors (Lipinski definition) is 2. The maximum absolute atomic E-state index is 11.3. The van der Waals surface area contributed by atoms with Gasteiger partial charge in [0, 0.05) is 10.9 Å². The van der Waals surface area contributed by atoms with Gasteiger partial charge < -0.3 is 5.11 Å². The molecule has 0 aliphatic carbocycles. The number of carboxylic acid groups (broad SMARTS) is 1. The average Bonchev–Trinajstić information content (AvgIpc) is 2.84. The number of halogens is 1. The van der Waals surface area contributed by atoms with Crippen molar-refractivity contribution in [3.05, 3.63) is 64.9 Å². The van der Waals surface area contributed by atoms with Crippen LogP contribution in [0.3, 0.4) is 0 Å². The Kier molecular flexibility index (Phi) is 4.35. The summed E-state index contributed by atoms with van der Waals surface area (Å²) in [7, 11) is 1.99. The predicted molar refractivity (Wildman–Crippen MR) is 89.6 cm³/mol. The van der Waals surface area contributed by atoms with E-state index < -0.39 is 5.97 Å². The van der Waals surface area contributed by atoms with Crippen LogP contribution in [0.5, 0.6) is 0 Å². The Morgan fingerprint density at radius 3 is 2.57 bits per heavy atom. The van der Waals surface area contributed by atoms with Gasteiger partial charge in [0.25, 0.3) is 5.82 Å². The fraction of sp³-hybridized carbons (Fsp3) is 0.222. The third-order valence-electron chi connectivity index (χ3n) is 4.15. The summed E-state index contributed by atoms with van der Waals surface area (Å²) in [4.78, 5) is 14.6. The number of hydrogen-bond acceptors (Lipinski definition) is 1. The normalized spacial score (nSPS) is 12.4. The summed E-state index contributed by atoms with van der Waals surface area (Å²) in [5, 5.41) is 9.90. The van der Waals surface area contributed by atoms with E-state index >= 15 is 0 Å². The molecule has 0 fully saturated rings. The largest absolute Gasteiger partial charge is 0.481 e. The lowest BCUT2D eigenvalue weighted by Crippen LogP contribution is -2.33. The summed E-state index contributed by atoms with van der Waals surface area (Å²) in [5.41, 5.74) is 3.14. The van der Waals surface area contributed by atoms with Crippen molar-refractivity contribution in [2.45, 2.75) is 18.8 Å². The van der Waals surface area contributed by atoms with Gasteiger partial charge in [-0.1, -0.05) is 35.9 Å². The van der Waals surface area contributed by atoms with E-state index in [2.05, 4.69) is 9.55 Å². The molecule has 0 saturated heterocycles. The van der Waals surface area contributed by atoms with Crippen LogP contribution < -0.4 is 4.57 Å². The molecule has 1 aromatic heterocycles. The highest BCUT2D eigenvalue weighted by molar-refractivity contribution is 6.30. The number of para-hydroxylation sites is 2. The molecule has 0 radical (unpaired) electrons. The van der Waals surface area contributed by atoms with Crippen LogP contribution >= 0.6 is 11.6 Å². The summed E-state index contributed by atoms with van der Waals surface area (Å²) in [6.07, 6.45) is 0.704. The van der Waals surface area contributed by atoms with E-state index in [-0.39, 0.29) is 12.3 Å². The summed E-state index contributed by atoms with van der Waals surface area (Å²) >= 11 is 5.93. The molecule has 118 valence electrons. The van der Waals surface area contributed by atoms with Gasteiger partial charge in [-0.3, -0.25) is 4.79 Å². The van der Waals surface area contributed by atoms with E-state index in [4.69, 9.17) is 11.6 Å². The standard InChI is InChI=1S/C18H17ClN2O2/c1-21-16-5-3-2-4-15(16)20-17(21)10-13(11-18(22)23)12-6-8-14(19)9-7-12/h2-9,13H,10-11H2,1H3,(H,22,23)/p+1. The minimum Gasteiger partial charge on any atom is -0.481 e. The molecule has 0 saturated carbocycles. The fourth-order valence-electron chi connectivity index (χ4n) is 2.93. The Morgan fingerprint density at radius 1 is 1.22 bits per heavy atom. The SMILES string of the molecule is C[n+]1c(CC(CC(=O)O)c2ccc(Cl)cc2)[nH]c2ccccc21. The highest BCUT2D eigenvalue weighted by Crippen LogP contribution is 2.25. The van der Waals surface area contributed by atoms with Gasteiger partial charge in [-0.05, 0) is 29.8 Å². The number of fused-ring (bicyclic) bond motifs is 1. The van der Waals surface area contributed by atoms with E-state index in [1.54, 1.807) is 12.1 Å². The maximum atomic E-state index is 11.3. The van der Waals surface area contributed by atoms with Crippen LogP contribution in [0, 0.1) is 0 Å². The highest BCUT2D eigenvalue weighted by Gasteiger charge is 2.23. The molecular weight excluding hydrogens is 312 g/mol. The zero-order valence-corrected chi connectivity index (χ0v) is 13.5. The molecule has 0 amide bonds. The van der Waals surface area contributed by atoms with Crippen molar-refractivity contribution in [3.8, 4) is 0 Å². The van der Waals surface area contributed by atoms with Gasteiger partial charge in [0.15, 0.2) is 11.0 Å². The monoisotopic (exact) mass is 329 g/mol. The Balaban J connectivity index is 1.95. The minimum atomic E-state index is -0.802. The van der Waals surface area contributed by atoms with Crippen LogP contribution in [0.25, 0.3) is 11.0 Å². The summed E-state index contributed by atoms with van der Waals surface area (Å²) < 4.78 is 2.08. The molecular formula is C18H18ClN2O2+. The number of carboxylic acids is 1. The number of carbonyl (C=O) groups is 1. The van der Waals surface area contributed by atoms with Gasteiger partial charge in [-0.25, -0.2) is 9.55 Å². The van der Waals surface area contributed by atoms with Crippen molar-refractivity contribution in [2.75, 3.05) is 0 Å². The van der Waals surface area contributed by atoms with Gasteiger partial charge in [0.05, 0.1) is 19.9 Å². The van der Waals surface area contributed by atoms with E-state index in [1.807, 2.05) is 43.4 Å². The number of aromatic amines is 1. The number of nitrogens with one attached hydrogen (secondary N) is 1. The van der Waals surface area contributed by atoms with Crippen LogP contribution in [-0.4, -0.2) is 16.1 Å². The third-order valence-corrected chi connectivity index (χ3v) is 4.40. The van der Waals surface area contributed by atoms with Crippen molar-refractivity contribution in [1.29, 1.82) is 0 Å². The molecule has 5 heteroatoms. The Bertz CT molecular complexity index is 840. The number of benzene rings is 2. The zero-order valence-electron chi connectivity index (χ0n) is 12.8. The smallest absolute Gasteiger partial charge is 0.303 e. The average molecular weight is 330 g/mol. The Morgan fingerprint density at radius 2 is 1.91 bits per heavy atom. The third kappa shape index (κ3) is 3.37. The van der Waals surface area contributed by atoms with Crippen LogP contribution in [0.15, 0.2) is 48.5 Å². The molecule has 0 bridgehead atoms. The lowest BCUT2D eigenvalue weighted by molar-refractivity contribution is -0.653. The molecule has 1 atom stereocenters. The second-order valence-electron chi connectivity index (χ2n) is 5.70. The molecule has 2 aromatic carbocycles. The summed E-state index contributed by atoms with van der Waals surface area (Å²) in [6.45, 7) is 0. The van der Waals surface area contributed by atoms with Gasteiger partial charge in [0.1, 0.15) is 0 Å². The van der Waals surface area contributed by atoms with Crippen molar-refractivity contribution >= 4 is 28.6 Å². The lowest BCUT2D eigenvalue weighted by Gasteiger charge is -2.13. The maximum Gasteiger partial charge on any atom is 0.303 e. The Labute approximate surface area is 139 Å². The molecule has 0 aliphatic rings. The first-order chi connectivity index (χ1) is 11.0. The van der Waals surface area contributed by atoms with Crippen LogP contribution in [0.1, 0.15) is 23.7 Å². The topological polar surface area (TPSA) is 57.0 Å². The number of nitrogens with zero attached hydrogens (tertiary/aromatic N) is 1. The first-order valence-corrected chi connectivity index (χ1v) is 7.85. The molecule has 0 aliphatic heterocycles. The molecule has 1 unspecified atom stereocenters. The summed E-state index contributed by atoms with van der Waals surface area (Å²) in [5.74, 6) is 0.0974. The number of aryl methyl sites for hydroxylation is 1. The predicted octanol–water partition coefficient (Wildman–Crippen LogP) is 3.45. The van der Waals surface area contributed by atoms with Crippen molar-refractivity contribution in [3.63, 3.8) is 0 Å². The van der Waals surface area contributed by atoms with Gasteiger partial charge in [-0.15, -0.1) is 0 Å². The minimum absolute atomic E-state index is 0.0804. The van der Waals surface area contributed by atoms with E-state index in [0.29, 0.717) is 11.4 Å². The molecule has 4 nitrogen and oxygen atoms in total. The zero-order chi connectivity index (χ0) is 16.4. The first-order valence-electron chi connectivity index (χ1n) is 7.47. The fourth-order valence-corrected chi connectivity index (χ4v) is 3.06. The number of aromatic nitrogens is 2. The number of aliphatic carboxylic acids is 1. The summed E-state index contributed by atoms with van der Waals surface area (Å²) in [6, 6.07) is 15.5. The van der Waals surface area contributed by atoms with Gasteiger partial charge in [0.2, 0.25) is 0 Å². The molecule has 3 rings (SSSR count). The quantitative estimate of drug-likeness (QED) is 0.704. The number of H-pyrrole nitrogens is 1. The molecule has 3 aromatic rings. The highest BCUT2D eigenvalue weighted by atomic mass is 35.5. The van der Waals surface area contributed by atoms with Crippen molar-refractivity contribution < 1.29 is 14.5 Å². The second kappa shape index (κ2) is 6.42. The first kappa shape index (κ1) is 15.6. The number of imidazole rings is 1. The van der Waals surface area contributed by atoms with Crippen molar-refractivity contribution in [1.82, 2.24) is 4.98 Å². The van der Waals surface area contributed by atoms with Gasteiger partial charge >= 0.3 is 5.97 Å². The van der Waals surface area contributed by atoms with Crippen molar-refractivity contribution in [2.24, 2.45) is 7.05 Å². The lowest BCUT2D eigenvalue weighted by atomic mass is 9.92. The van der Waals surface area contributed by atoms with E-state index in [0.717, 1.165) is 22.4 Å². The van der Waals surface area contributed by atoms with Crippen LogP contribution in [-0.2, 0) is 18.3 Å².